The second-order valence-electron chi connectivity index (χ2n) is 13.6. The first kappa shape index (κ1) is 30.2. The Balaban J connectivity index is 1.31. The standard InChI is InChI=1S/C47H30N4/c1-47(2)41-10-6-5-7-35(41)38-25-39-40(26-42(38)47)46(34-17-13-32(14-18-34)44-24-30(28-49)20-22-51-44)37-9-4-3-8-36(37)45(39)33-15-11-31(12-16-33)43-23-29(27-48)19-21-50-43/h3-26H,1-2H3. The summed E-state index contributed by atoms with van der Waals surface area (Å²) in [5, 5.41) is 23.7. The Morgan fingerprint density at radius 2 is 0.922 bits per heavy atom. The number of hydrogen-bond donors (Lipinski definition) is 0. The number of nitriles is 2. The third kappa shape index (κ3) is 4.81. The van der Waals surface area contributed by atoms with E-state index in [1.807, 2.05) is 12.1 Å². The molecule has 8 aromatic rings. The molecule has 9 rings (SSSR count). The van der Waals surface area contributed by atoms with Crippen LogP contribution in [0.15, 0.2) is 146 Å². The number of hydrogen-bond acceptors (Lipinski definition) is 4. The molecular weight excluding hydrogens is 621 g/mol. The van der Waals surface area contributed by atoms with Crippen molar-refractivity contribution in [1.82, 2.24) is 9.97 Å². The second kappa shape index (κ2) is 11.6. The van der Waals surface area contributed by atoms with Crippen LogP contribution in [0.5, 0.6) is 0 Å². The summed E-state index contributed by atoms with van der Waals surface area (Å²) < 4.78 is 0. The minimum absolute atomic E-state index is 0.156. The third-order valence-corrected chi connectivity index (χ3v) is 10.4. The number of rotatable bonds is 4. The predicted molar refractivity (Wildman–Crippen MR) is 206 cm³/mol. The lowest BCUT2D eigenvalue weighted by atomic mass is 9.79. The predicted octanol–water partition coefficient (Wildman–Crippen LogP) is 11.5. The molecule has 4 heteroatoms. The highest BCUT2D eigenvalue weighted by molar-refractivity contribution is 6.22. The molecule has 0 fully saturated rings. The zero-order valence-electron chi connectivity index (χ0n) is 28.1. The fourth-order valence-corrected chi connectivity index (χ4v) is 7.92. The quantitative estimate of drug-likeness (QED) is 0.178. The van der Waals surface area contributed by atoms with Crippen molar-refractivity contribution in [2.45, 2.75) is 19.3 Å². The van der Waals surface area contributed by atoms with Gasteiger partial charge in [-0.15, -0.1) is 0 Å². The topological polar surface area (TPSA) is 73.4 Å². The van der Waals surface area contributed by atoms with Gasteiger partial charge in [-0.3, -0.25) is 9.97 Å². The first-order valence-corrected chi connectivity index (χ1v) is 17.0. The Bertz CT molecular complexity index is 2780. The summed E-state index contributed by atoms with van der Waals surface area (Å²) in [5.74, 6) is 0. The van der Waals surface area contributed by atoms with Crippen LogP contribution in [0.25, 0.3) is 77.4 Å². The van der Waals surface area contributed by atoms with Gasteiger partial charge in [0.15, 0.2) is 0 Å². The van der Waals surface area contributed by atoms with Crippen molar-refractivity contribution in [2.75, 3.05) is 0 Å². The van der Waals surface area contributed by atoms with E-state index in [1.165, 1.54) is 54.9 Å². The Kier molecular flexibility index (Phi) is 6.88. The van der Waals surface area contributed by atoms with Crippen LogP contribution >= 0.6 is 0 Å². The number of pyridine rings is 2. The van der Waals surface area contributed by atoms with Gasteiger partial charge in [0.1, 0.15) is 0 Å². The molecule has 1 aliphatic rings. The number of fused-ring (bicyclic) bond motifs is 5. The van der Waals surface area contributed by atoms with Crippen molar-refractivity contribution in [1.29, 1.82) is 10.5 Å². The molecule has 4 nitrogen and oxygen atoms in total. The largest absolute Gasteiger partial charge is 0.256 e. The minimum atomic E-state index is -0.156. The molecule has 0 radical (unpaired) electrons. The van der Waals surface area contributed by atoms with Gasteiger partial charge < -0.3 is 0 Å². The van der Waals surface area contributed by atoms with Crippen molar-refractivity contribution >= 4 is 21.5 Å². The van der Waals surface area contributed by atoms with E-state index in [-0.39, 0.29) is 5.41 Å². The highest BCUT2D eigenvalue weighted by Crippen LogP contribution is 2.53. The van der Waals surface area contributed by atoms with E-state index in [0.717, 1.165) is 33.6 Å². The monoisotopic (exact) mass is 650 g/mol. The van der Waals surface area contributed by atoms with Gasteiger partial charge in [-0.2, -0.15) is 10.5 Å². The fraction of sp³-hybridized carbons (Fsp3) is 0.0638. The maximum atomic E-state index is 9.46. The van der Waals surface area contributed by atoms with Gasteiger partial charge in [0.05, 0.1) is 34.7 Å². The summed E-state index contributed by atoms with van der Waals surface area (Å²) in [7, 11) is 0. The molecule has 51 heavy (non-hydrogen) atoms. The van der Waals surface area contributed by atoms with E-state index >= 15 is 0 Å². The molecule has 0 atom stereocenters. The van der Waals surface area contributed by atoms with Gasteiger partial charge in [-0.05, 0) is 102 Å². The molecule has 6 aromatic carbocycles. The number of aromatic nitrogens is 2. The Hall–Kier alpha value is -6.88. The van der Waals surface area contributed by atoms with Gasteiger partial charge >= 0.3 is 0 Å². The first-order valence-electron chi connectivity index (χ1n) is 17.0. The Morgan fingerprint density at radius 3 is 1.45 bits per heavy atom. The molecule has 0 saturated heterocycles. The van der Waals surface area contributed by atoms with Crippen LogP contribution in [0.4, 0.5) is 0 Å². The molecule has 2 aromatic heterocycles. The summed E-state index contributed by atoms with van der Waals surface area (Å²) in [4.78, 5) is 9.09. The molecule has 0 spiro atoms. The van der Waals surface area contributed by atoms with Gasteiger partial charge in [0.2, 0.25) is 0 Å². The average Bonchev–Trinajstić information content (AvgIpc) is 3.41. The van der Waals surface area contributed by atoms with Crippen LogP contribution in [-0.4, -0.2) is 9.97 Å². The zero-order chi connectivity index (χ0) is 34.7. The van der Waals surface area contributed by atoms with E-state index in [4.69, 9.17) is 0 Å². The van der Waals surface area contributed by atoms with Gasteiger partial charge in [0.25, 0.3) is 0 Å². The van der Waals surface area contributed by atoms with E-state index < -0.39 is 0 Å². The SMILES string of the molecule is CC1(C)c2ccccc2-c2cc3c(-c4ccc(-c5cc(C#N)ccn5)cc4)c4ccccc4c(-c4ccc(-c5cc(C#N)ccn5)cc4)c3cc21. The van der Waals surface area contributed by atoms with Gasteiger partial charge in [-0.1, -0.05) is 111 Å². The van der Waals surface area contributed by atoms with E-state index in [0.29, 0.717) is 11.1 Å². The summed E-state index contributed by atoms with van der Waals surface area (Å²) in [6.07, 6.45) is 3.38. The number of nitrogens with zero attached hydrogens (tertiary/aromatic N) is 4. The molecule has 238 valence electrons. The molecule has 0 bridgehead atoms. The van der Waals surface area contributed by atoms with Crippen LogP contribution in [0.2, 0.25) is 0 Å². The Labute approximate surface area is 296 Å². The fourth-order valence-electron chi connectivity index (χ4n) is 7.92. The van der Waals surface area contributed by atoms with Crippen molar-refractivity contribution in [3.63, 3.8) is 0 Å². The molecule has 2 heterocycles. The third-order valence-electron chi connectivity index (χ3n) is 10.4. The van der Waals surface area contributed by atoms with Crippen molar-refractivity contribution < 1.29 is 0 Å². The van der Waals surface area contributed by atoms with Gasteiger partial charge in [-0.25, -0.2) is 0 Å². The lowest BCUT2D eigenvalue weighted by Gasteiger charge is -2.24. The van der Waals surface area contributed by atoms with E-state index in [2.05, 4.69) is 145 Å². The van der Waals surface area contributed by atoms with Crippen LogP contribution in [0.3, 0.4) is 0 Å². The first-order chi connectivity index (χ1) is 24.9. The van der Waals surface area contributed by atoms with Crippen LogP contribution in [0, 0.1) is 22.7 Å². The molecule has 0 unspecified atom stereocenters. The molecule has 1 aliphatic carbocycles. The van der Waals surface area contributed by atoms with Crippen molar-refractivity contribution in [3.8, 4) is 68.0 Å². The smallest absolute Gasteiger partial charge is 0.0992 e. The van der Waals surface area contributed by atoms with Gasteiger partial charge in [0, 0.05) is 28.9 Å². The van der Waals surface area contributed by atoms with Crippen LogP contribution in [-0.2, 0) is 5.41 Å². The summed E-state index contributed by atoms with van der Waals surface area (Å²) in [5.41, 5.74) is 14.4. The summed E-state index contributed by atoms with van der Waals surface area (Å²) >= 11 is 0. The van der Waals surface area contributed by atoms with Crippen LogP contribution < -0.4 is 0 Å². The van der Waals surface area contributed by atoms with E-state index in [9.17, 15) is 10.5 Å². The Morgan fingerprint density at radius 1 is 0.451 bits per heavy atom. The number of benzene rings is 6. The van der Waals surface area contributed by atoms with E-state index in [1.54, 1.807) is 24.5 Å². The van der Waals surface area contributed by atoms with Crippen molar-refractivity contribution in [2.24, 2.45) is 0 Å². The lowest BCUT2D eigenvalue weighted by Crippen LogP contribution is -2.14. The van der Waals surface area contributed by atoms with Crippen LogP contribution in [0.1, 0.15) is 36.1 Å². The van der Waals surface area contributed by atoms with Crippen molar-refractivity contribution in [3.05, 3.63) is 168 Å². The highest BCUT2D eigenvalue weighted by Gasteiger charge is 2.36. The molecule has 0 aliphatic heterocycles. The average molecular weight is 651 g/mol. The normalized spacial score (nSPS) is 12.6. The summed E-state index contributed by atoms with van der Waals surface area (Å²) in [6.45, 7) is 4.66. The lowest BCUT2D eigenvalue weighted by molar-refractivity contribution is 0.661. The highest BCUT2D eigenvalue weighted by atomic mass is 14.7. The second-order valence-corrected chi connectivity index (χ2v) is 13.6. The zero-order valence-corrected chi connectivity index (χ0v) is 28.1. The minimum Gasteiger partial charge on any atom is -0.256 e. The maximum absolute atomic E-state index is 9.46. The summed E-state index contributed by atoms with van der Waals surface area (Å²) in [6, 6.07) is 51.1. The molecule has 0 N–H and O–H groups in total. The maximum Gasteiger partial charge on any atom is 0.0992 e. The molecule has 0 amide bonds. The molecular formula is C47H30N4. The molecule has 0 saturated carbocycles.